The highest BCUT2D eigenvalue weighted by molar-refractivity contribution is 5.88. The lowest BCUT2D eigenvalue weighted by Gasteiger charge is -2.57. The van der Waals surface area contributed by atoms with E-state index in [0.717, 1.165) is 12.8 Å². The van der Waals surface area contributed by atoms with E-state index in [1.54, 1.807) is 27.7 Å². The van der Waals surface area contributed by atoms with Gasteiger partial charge in [0.15, 0.2) is 6.10 Å². The number of cyclic esters (lactones) is 1. The number of rotatable bonds is 6. The number of ether oxygens (including phenoxy) is 3. The van der Waals surface area contributed by atoms with Crippen LogP contribution in [0.5, 0.6) is 0 Å². The third kappa shape index (κ3) is 3.27. The summed E-state index contributed by atoms with van der Waals surface area (Å²) in [6.45, 7) is 7.82. The molecule has 4 fully saturated rings. The molecule has 1 aliphatic carbocycles. The summed E-state index contributed by atoms with van der Waals surface area (Å²) in [6, 6.07) is 0. The van der Waals surface area contributed by atoms with E-state index in [1.807, 2.05) is 6.92 Å². The summed E-state index contributed by atoms with van der Waals surface area (Å²) >= 11 is 0. The average Bonchev–Trinajstić information content (AvgIpc) is 3.15. The number of carbonyl (C=O) groups is 4. The van der Waals surface area contributed by atoms with Crippen LogP contribution in [0.3, 0.4) is 0 Å². The minimum atomic E-state index is -2.09. The van der Waals surface area contributed by atoms with Gasteiger partial charge in [-0.3, -0.25) is 9.68 Å². The first kappa shape index (κ1) is 25.8. The van der Waals surface area contributed by atoms with Gasteiger partial charge in [-0.2, -0.15) is 4.89 Å². The number of esters is 2. The lowest BCUT2D eigenvalue weighted by atomic mass is 9.48. The predicted octanol–water partition coefficient (Wildman–Crippen LogP) is 1.39. The Bertz CT molecular complexity index is 919. The molecule has 10 atom stereocenters. The summed E-state index contributed by atoms with van der Waals surface area (Å²) in [5.74, 6) is -6.02. The second kappa shape index (κ2) is 8.70. The van der Waals surface area contributed by atoms with Crippen LogP contribution in [-0.4, -0.2) is 70.7 Å². The second-order valence-electron chi connectivity index (χ2n) is 10.7. The largest absolute Gasteiger partial charge is 0.480 e. The van der Waals surface area contributed by atoms with Crippen molar-refractivity contribution in [1.29, 1.82) is 0 Å². The van der Waals surface area contributed by atoms with Crippen molar-refractivity contribution in [2.24, 2.45) is 28.6 Å². The zero-order valence-corrected chi connectivity index (χ0v) is 20.6. The molecule has 4 aliphatic rings. The summed E-state index contributed by atoms with van der Waals surface area (Å²) in [7, 11) is 0. The smallest absolute Gasteiger partial charge is 0.371 e. The van der Waals surface area contributed by atoms with Crippen molar-refractivity contribution in [3.8, 4) is 0 Å². The summed E-state index contributed by atoms with van der Waals surface area (Å²) in [5, 5.41) is 21.1. The maximum atomic E-state index is 13.9. The molecule has 3 heterocycles. The van der Waals surface area contributed by atoms with Crippen LogP contribution < -0.4 is 0 Å². The van der Waals surface area contributed by atoms with Crippen molar-refractivity contribution in [1.82, 2.24) is 0 Å². The number of aliphatic hydroxyl groups is 1. The van der Waals surface area contributed by atoms with Crippen molar-refractivity contribution in [2.45, 2.75) is 90.3 Å². The average molecular weight is 499 g/mol. The van der Waals surface area contributed by atoms with Gasteiger partial charge >= 0.3 is 23.9 Å². The highest BCUT2D eigenvalue weighted by atomic mass is 17.2. The molecule has 0 radical (unpaired) electrons. The minimum absolute atomic E-state index is 0.339. The van der Waals surface area contributed by atoms with Gasteiger partial charge in [-0.1, -0.05) is 40.5 Å². The van der Waals surface area contributed by atoms with Crippen molar-refractivity contribution >= 4 is 23.9 Å². The lowest BCUT2D eigenvalue weighted by molar-refractivity contribution is -0.361. The molecule has 4 rings (SSSR count). The molecule has 3 aliphatic heterocycles. The summed E-state index contributed by atoms with van der Waals surface area (Å²) in [4.78, 5) is 62.0. The number of hydrogen-bond acceptors (Lipinski definition) is 10. The molecular weight excluding hydrogens is 464 g/mol. The monoisotopic (exact) mass is 498 g/mol. The van der Waals surface area contributed by atoms with Crippen LogP contribution in [0, 0.1) is 28.6 Å². The van der Waals surface area contributed by atoms with Crippen molar-refractivity contribution < 1.29 is 53.4 Å². The number of carbonyl (C=O) groups excluding carboxylic acids is 3. The standard InChI is InChI=1S/C24H34O11/c1-6-7-8-13-9-11(2)32-21(30)24-15-12(3)19(28)33-16(15)17(27)23(24,5)22(13,4)18(20(29)34-35-24)31-10-14(25)26/h11-13,15-18,27H,6-10H2,1-5H3,(H,25,26)/t11?,12?,13-,15?,16?,17+,18?,22?,23?,24?/m1/s1. The third-order valence-electron chi connectivity index (χ3n) is 9.15. The molecule has 2 bridgehead atoms. The molecule has 35 heavy (non-hydrogen) atoms. The van der Waals surface area contributed by atoms with E-state index in [4.69, 9.17) is 24.0 Å². The first-order valence-corrected chi connectivity index (χ1v) is 12.2. The Kier molecular flexibility index (Phi) is 6.43. The van der Waals surface area contributed by atoms with Gasteiger partial charge in [0.05, 0.1) is 23.4 Å². The summed E-state index contributed by atoms with van der Waals surface area (Å²) < 4.78 is 17.0. The van der Waals surface area contributed by atoms with Gasteiger partial charge in [0, 0.05) is 5.41 Å². The van der Waals surface area contributed by atoms with Crippen LogP contribution in [0.2, 0.25) is 0 Å². The van der Waals surface area contributed by atoms with E-state index >= 15 is 0 Å². The molecule has 0 aromatic heterocycles. The van der Waals surface area contributed by atoms with Crippen LogP contribution >= 0.6 is 0 Å². The fourth-order valence-electron chi connectivity index (χ4n) is 7.26. The van der Waals surface area contributed by atoms with Crippen molar-refractivity contribution in [2.75, 3.05) is 6.61 Å². The van der Waals surface area contributed by atoms with Crippen LogP contribution in [-0.2, 0) is 43.2 Å². The van der Waals surface area contributed by atoms with Crippen molar-refractivity contribution in [3.63, 3.8) is 0 Å². The van der Waals surface area contributed by atoms with E-state index < -0.39 is 83.2 Å². The molecule has 1 saturated carbocycles. The van der Waals surface area contributed by atoms with E-state index in [9.17, 15) is 29.4 Å². The first-order valence-electron chi connectivity index (χ1n) is 12.2. The van der Waals surface area contributed by atoms with Gasteiger partial charge in [0.1, 0.15) is 18.8 Å². The van der Waals surface area contributed by atoms with Gasteiger partial charge in [-0.15, -0.1) is 0 Å². The molecular formula is C24H34O11. The van der Waals surface area contributed by atoms with Crippen LogP contribution in [0.4, 0.5) is 0 Å². The highest BCUT2D eigenvalue weighted by Gasteiger charge is 2.86. The maximum absolute atomic E-state index is 13.9. The summed E-state index contributed by atoms with van der Waals surface area (Å²) in [6.07, 6.45) is -2.12. The Hall–Kier alpha value is -2.24. The minimum Gasteiger partial charge on any atom is -0.480 e. The van der Waals surface area contributed by atoms with Crippen molar-refractivity contribution in [3.05, 3.63) is 0 Å². The van der Waals surface area contributed by atoms with E-state index in [2.05, 4.69) is 0 Å². The Morgan fingerprint density at radius 2 is 1.83 bits per heavy atom. The fraction of sp³-hybridized carbons (Fsp3) is 0.833. The molecule has 196 valence electrons. The van der Waals surface area contributed by atoms with Gasteiger partial charge in [-0.05, 0) is 25.7 Å². The third-order valence-corrected chi connectivity index (χ3v) is 9.15. The predicted molar refractivity (Wildman–Crippen MR) is 115 cm³/mol. The number of fused-ring (bicyclic) bond motifs is 1. The van der Waals surface area contributed by atoms with Gasteiger partial charge in [0.25, 0.3) is 0 Å². The maximum Gasteiger partial charge on any atom is 0.371 e. The molecule has 11 nitrogen and oxygen atoms in total. The number of carboxylic acid groups (broad SMARTS) is 1. The molecule has 0 spiro atoms. The quantitative estimate of drug-likeness (QED) is 0.403. The van der Waals surface area contributed by atoms with Gasteiger partial charge in [0.2, 0.25) is 5.60 Å². The van der Waals surface area contributed by atoms with E-state index in [-0.39, 0.29) is 5.92 Å². The normalized spacial score (nSPS) is 46.9. The number of aliphatic hydroxyl groups excluding tert-OH is 1. The SMILES string of the molecule is CCCC[C@@H]1CC(C)OC(=O)C23OOC(=O)C(OCC(=O)O)C1(C)C2(C)[C@@H](O)C1OC(=O)C(C)C13. The fourth-order valence-corrected chi connectivity index (χ4v) is 7.26. The molecule has 8 unspecified atom stereocenters. The second-order valence-corrected chi connectivity index (χ2v) is 10.7. The Balaban J connectivity index is 2.02. The Labute approximate surface area is 203 Å². The number of hydrogen-bond donors (Lipinski definition) is 2. The van der Waals surface area contributed by atoms with E-state index in [1.165, 1.54) is 0 Å². The Morgan fingerprint density at radius 1 is 1.14 bits per heavy atom. The van der Waals surface area contributed by atoms with Crippen LogP contribution in [0.15, 0.2) is 0 Å². The zero-order valence-electron chi connectivity index (χ0n) is 20.6. The molecule has 0 aromatic carbocycles. The highest BCUT2D eigenvalue weighted by Crippen LogP contribution is 2.70. The summed E-state index contributed by atoms with van der Waals surface area (Å²) in [5.41, 5.74) is -5.07. The molecule has 11 heteroatoms. The van der Waals surface area contributed by atoms with Crippen LogP contribution in [0.25, 0.3) is 0 Å². The number of carboxylic acids is 1. The molecule has 3 saturated heterocycles. The van der Waals surface area contributed by atoms with Gasteiger partial charge in [-0.25, -0.2) is 14.4 Å². The molecule has 0 aromatic rings. The lowest BCUT2D eigenvalue weighted by Crippen LogP contribution is -2.69. The number of aliphatic carboxylic acids is 1. The molecule has 0 amide bonds. The molecule has 2 N–H and O–H groups in total. The van der Waals surface area contributed by atoms with Crippen LogP contribution in [0.1, 0.15) is 60.3 Å². The first-order chi connectivity index (χ1) is 16.4. The number of unbranched alkanes of at least 4 members (excludes halogenated alkanes) is 1. The Morgan fingerprint density at radius 3 is 2.46 bits per heavy atom. The van der Waals surface area contributed by atoms with Gasteiger partial charge < -0.3 is 24.4 Å². The van der Waals surface area contributed by atoms with E-state index in [0.29, 0.717) is 12.8 Å². The topological polar surface area (TPSA) is 155 Å². The zero-order chi connectivity index (χ0) is 25.9.